The maximum atomic E-state index is 11.5. The molecule has 1 fully saturated rings. The maximum Gasteiger partial charge on any atom is 0.408 e. The number of hydrogen-bond donors (Lipinski definition) is 1. The number of ether oxygens (including phenoxy) is 2. The van der Waals surface area contributed by atoms with Crippen LogP contribution in [0.3, 0.4) is 0 Å². The minimum Gasteiger partial charge on any atom is -0.444 e. The van der Waals surface area contributed by atoms with E-state index in [2.05, 4.69) is 5.32 Å². The second kappa shape index (κ2) is 4.41. The highest BCUT2D eigenvalue weighted by Crippen LogP contribution is 2.29. The van der Waals surface area contributed by atoms with Crippen molar-refractivity contribution in [2.45, 2.75) is 44.8 Å². The third-order valence-corrected chi connectivity index (χ3v) is 2.26. The Morgan fingerprint density at radius 3 is 2.38 bits per heavy atom. The predicted octanol–water partition coefficient (Wildman–Crippen LogP) is 1.26. The Morgan fingerprint density at radius 2 is 2.00 bits per heavy atom. The van der Waals surface area contributed by atoms with Crippen LogP contribution in [0.2, 0.25) is 0 Å². The van der Waals surface area contributed by atoms with Crippen molar-refractivity contribution in [3.8, 4) is 0 Å². The second-order valence-corrected chi connectivity index (χ2v) is 5.23. The molecule has 1 aliphatic rings. The van der Waals surface area contributed by atoms with Crippen molar-refractivity contribution >= 4 is 11.9 Å². The molecular formula is C11H19NO4. The van der Waals surface area contributed by atoms with Gasteiger partial charge in [-0.2, -0.15) is 0 Å². The van der Waals surface area contributed by atoms with E-state index in [0.29, 0.717) is 19.4 Å². The molecule has 1 N–H and O–H groups in total. The molecule has 1 amide bonds. The van der Waals surface area contributed by atoms with E-state index in [-0.39, 0.29) is 5.78 Å². The fourth-order valence-corrected chi connectivity index (χ4v) is 1.73. The maximum absolute atomic E-state index is 11.5. The van der Waals surface area contributed by atoms with Crippen LogP contribution in [0, 0.1) is 0 Å². The monoisotopic (exact) mass is 229 g/mol. The molecule has 1 saturated carbocycles. The van der Waals surface area contributed by atoms with Crippen molar-refractivity contribution in [3.05, 3.63) is 0 Å². The molecule has 0 aromatic heterocycles. The van der Waals surface area contributed by atoms with Crippen molar-refractivity contribution in [2.75, 3.05) is 13.7 Å². The molecule has 1 aliphatic carbocycles. The Labute approximate surface area is 95.5 Å². The number of carbonyl (C=O) groups is 2. The highest BCUT2D eigenvalue weighted by atomic mass is 16.6. The molecule has 5 heteroatoms. The number of rotatable bonds is 3. The summed E-state index contributed by atoms with van der Waals surface area (Å²) in [5.74, 6) is 0.133. The largest absolute Gasteiger partial charge is 0.444 e. The van der Waals surface area contributed by atoms with Crippen LogP contribution in [0.5, 0.6) is 0 Å². The summed E-state index contributed by atoms with van der Waals surface area (Å²) in [5.41, 5.74) is -1.10. The van der Waals surface area contributed by atoms with E-state index in [1.807, 2.05) is 0 Å². The number of Topliss-reactive ketones (excluding diaryl/α,β-unsaturated/α-hetero) is 1. The molecule has 16 heavy (non-hydrogen) atoms. The lowest BCUT2D eigenvalue weighted by Crippen LogP contribution is -2.61. The van der Waals surface area contributed by atoms with E-state index in [9.17, 15) is 9.59 Å². The molecule has 0 heterocycles. The number of carbonyl (C=O) groups excluding carboxylic acids is 2. The Kier molecular flexibility index (Phi) is 3.57. The molecule has 1 rings (SSSR count). The number of ketones is 1. The molecule has 0 aromatic rings. The molecular weight excluding hydrogens is 210 g/mol. The first kappa shape index (κ1) is 13.0. The zero-order valence-corrected chi connectivity index (χ0v) is 10.3. The third kappa shape index (κ3) is 3.48. The Balaban J connectivity index is 2.50. The van der Waals surface area contributed by atoms with Crippen molar-refractivity contribution in [3.63, 3.8) is 0 Å². The van der Waals surface area contributed by atoms with Crippen LogP contribution >= 0.6 is 0 Å². The van der Waals surface area contributed by atoms with Crippen LogP contribution in [0.4, 0.5) is 4.79 Å². The molecule has 0 atom stereocenters. The summed E-state index contributed by atoms with van der Waals surface area (Å²) in [6.07, 6.45) is 0.136. The molecule has 0 saturated heterocycles. The van der Waals surface area contributed by atoms with Gasteiger partial charge in [0.2, 0.25) is 0 Å². The summed E-state index contributed by atoms with van der Waals surface area (Å²) in [5, 5.41) is 2.71. The number of alkyl carbamates (subject to hydrolysis) is 1. The summed E-state index contributed by atoms with van der Waals surface area (Å²) in [6.45, 7) is 5.71. The Bertz CT molecular complexity index is 285. The summed E-state index contributed by atoms with van der Waals surface area (Å²) in [7, 11) is 1.54. The highest BCUT2D eigenvalue weighted by Gasteiger charge is 2.45. The van der Waals surface area contributed by atoms with Crippen LogP contribution in [0.15, 0.2) is 0 Å². The molecule has 92 valence electrons. The highest BCUT2D eigenvalue weighted by molar-refractivity contribution is 5.89. The number of methoxy groups -OCH3 is 1. The summed E-state index contributed by atoms with van der Waals surface area (Å²) < 4.78 is 10.1. The van der Waals surface area contributed by atoms with Gasteiger partial charge in [-0.3, -0.25) is 4.79 Å². The van der Waals surface area contributed by atoms with Gasteiger partial charge in [-0.1, -0.05) is 0 Å². The van der Waals surface area contributed by atoms with Gasteiger partial charge in [0, 0.05) is 20.0 Å². The minimum absolute atomic E-state index is 0.133. The van der Waals surface area contributed by atoms with Crippen LogP contribution < -0.4 is 5.32 Å². The van der Waals surface area contributed by atoms with Gasteiger partial charge >= 0.3 is 6.09 Å². The van der Waals surface area contributed by atoms with E-state index in [4.69, 9.17) is 9.47 Å². The Morgan fingerprint density at radius 1 is 1.44 bits per heavy atom. The van der Waals surface area contributed by atoms with Crippen molar-refractivity contribution < 1.29 is 19.1 Å². The van der Waals surface area contributed by atoms with Gasteiger partial charge in [0.1, 0.15) is 11.4 Å². The van der Waals surface area contributed by atoms with E-state index >= 15 is 0 Å². The van der Waals surface area contributed by atoms with Crippen LogP contribution in [0.25, 0.3) is 0 Å². The third-order valence-electron chi connectivity index (χ3n) is 2.26. The average molecular weight is 229 g/mol. The SMILES string of the molecule is COCC1(NC(=O)OC(C)(C)C)CC(=O)C1. The fourth-order valence-electron chi connectivity index (χ4n) is 1.73. The smallest absolute Gasteiger partial charge is 0.408 e. The number of nitrogens with one attached hydrogen (secondary N) is 1. The minimum atomic E-state index is -0.561. The van der Waals surface area contributed by atoms with Gasteiger partial charge in [0.05, 0.1) is 12.1 Å². The second-order valence-electron chi connectivity index (χ2n) is 5.23. The molecule has 0 radical (unpaired) electrons. The van der Waals surface area contributed by atoms with Gasteiger partial charge in [-0.05, 0) is 20.8 Å². The lowest BCUT2D eigenvalue weighted by atomic mass is 9.76. The standard InChI is InChI=1S/C11H19NO4/c1-10(2,3)16-9(14)12-11(7-15-4)5-8(13)6-11/h5-7H2,1-4H3,(H,12,14). The zero-order valence-electron chi connectivity index (χ0n) is 10.3. The first-order chi connectivity index (χ1) is 7.26. The average Bonchev–Trinajstić information content (AvgIpc) is 1.97. The normalized spacial score (nSPS) is 18.9. The van der Waals surface area contributed by atoms with Gasteiger partial charge < -0.3 is 14.8 Å². The van der Waals surface area contributed by atoms with Crippen LogP contribution in [-0.4, -0.2) is 36.7 Å². The lowest BCUT2D eigenvalue weighted by molar-refractivity contribution is -0.131. The molecule has 0 aliphatic heterocycles. The van der Waals surface area contributed by atoms with Gasteiger partial charge in [-0.15, -0.1) is 0 Å². The van der Waals surface area contributed by atoms with Crippen molar-refractivity contribution in [1.82, 2.24) is 5.32 Å². The summed E-state index contributed by atoms with van der Waals surface area (Å²) in [4.78, 5) is 22.6. The topological polar surface area (TPSA) is 64.6 Å². The quantitative estimate of drug-likeness (QED) is 0.791. The first-order valence-corrected chi connectivity index (χ1v) is 5.28. The fraction of sp³-hybridized carbons (Fsp3) is 0.818. The lowest BCUT2D eigenvalue weighted by Gasteiger charge is -2.40. The molecule has 5 nitrogen and oxygen atoms in total. The molecule has 0 unspecified atom stereocenters. The number of hydrogen-bond acceptors (Lipinski definition) is 4. The first-order valence-electron chi connectivity index (χ1n) is 5.28. The van der Waals surface area contributed by atoms with E-state index in [0.717, 1.165) is 0 Å². The van der Waals surface area contributed by atoms with Gasteiger partial charge in [0.25, 0.3) is 0 Å². The summed E-state index contributed by atoms with van der Waals surface area (Å²) >= 11 is 0. The predicted molar refractivity (Wildman–Crippen MR) is 58.2 cm³/mol. The van der Waals surface area contributed by atoms with Crippen molar-refractivity contribution in [2.24, 2.45) is 0 Å². The molecule has 0 spiro atoms. The van der Waals surface area contributed by atoms with Crippen molar-refractivity contribution in [1.29, 1.82) is 0 Å². The molecule has 0 bridgehead atoms. The Hall–Kier alpha value is -1.10. The summed E-state index contributed by atoms with van der Waals surface area (Å²) in [6, 6.07) is 0. The number of amides is 1. The van der Waals surface area contributed by atoms with Crippen LogP contribution in [0.1, 0.15) is 33.6 Å². The van der Waals surface area contributed by atoms with E-state index in [1.54, 1.807) is 27.9 Å². The molecule has 0 aromatic carbocycles. The zero-order chi connectivity index (χ0) is 12.4. The van der Waals surface area contributed by atoms with Gasteiger partial charge in [0.15, 0.2) is 0 Å². The van der Waals surface area contributed by atoms with E-state index in [1.165, 1.54) is 0 Å². The van der Waals surface area contributed by atoms with Crippen LogP contribution in [-0.2, 0) is 14.3 Å². The van der Waals surface area contributed by atoms with E-state index < -0.39 is 17.2 Å². The van der Waals surface area contributed by atoms with Gasteiger partial charge in [-0.25, -0.2) is 4.79 Å².